The molecule has 1 aromatic rings. The number of pyridine rings is 1. The van der Waals surface area contributed by atoms with Crippen LogP contribution in [0.3, 0.4) is 0 Å². The Morgan fingerprint density at radius 1 is 1.59 bits per heavy atom. The number of nitrogens with one attached hydrogen (secondary N) is 1. The molecule has 1 fully saturated rings. The second kappa shape index (κ2) is 5.10. The topological polar surface area (TPSA) is 54.2 Å². The second-order valence-corrected chi connectivity index (χ2v) is 5.12. The minimum absolute atomic E-state index is 0.427. The Kier molecular flexibility index (Phi) is 3.74. The van der Waals surface area contributed by atoms with Crippen molar-refractivity contribution in [2.75, 3.05) is 24.6 Å². The zero-order valence-corrected chi connectivity index (χ0v) is 11.0. The van der Waals surface area contributed by atoms with E-state index in [-0.39, 0.29) is 0 Å². The van der Waals surface area contributed by atoms with Gasteiger partial charge >= 0.3 is 0 Å². The van der Waals surface area contributed by atoms with Gasteiger partial charge in [-0.3, -0.25) is 4.90 Å². The van der Waals surface area contributed by atoms with Gasteiger partial charge in [-0.25, -0.2) is 4.98 Å². The molecule has 3 N–H and O–H groups in total. The van der Waals surface area contributed by atoms with E-state index in [0.717, 1.165) is 18.4 Å². The first-order chi connectivity index (χ1) is 8.06. The minimum Gasteiger partial charge on any atom is -0.399 e. The smallest absolute Gasteiger partial charge is 0.133 e. The molecule has 1 aromatic heterocycles. The van der Waals surface area contributed by atoms with Crippen molar-refractivity contribution in [1.29, 1.82) is 0 Å². The Morgan fingerprint density at radius 3 is 2.88 bits per heavy atom. The highest BCUT2D eigenvalue weighted by Gasteiger charge is 2.28. The number of hydrogen-bond donors (Lipinski definition) is 2. The molecule has 0 amide bonds. The van der Waals surface area contributed by atoms with E-state index in [1.807, 2.05) is 0 Å². The lowest BCUT2D eigenvalue weighted by atomic mass is 10.3. The number of hydrogen-bond acceptors (Lipinski definition) is 4. The van der Waals surface area contributed by atoms with Crippen LogP contribution in [0.5, 0.6) is 0 Å². The van der Waals surface area contributed by atoms with Crippen LogP contribution in [0, 0.1) is 0 Å². The Balaban J connectivity index is 1.88. The van der Waals surface area contributed by atoms with Crippen molar-refractivity contribution in [2.45, 2.75) is 31.8 Å². The van der Waals surface area contributed by atoms with Gasteiger partial charge in [0.25, 0.3) is 0 Å². The van der Waals surface area contributed by atoms with Gasteiger partial charge in [-0.15, -0.1) is 0 Å². The summed E-state index contributed by atoms with van der Waals surface area (Å²) in [5.41, 5.74) is 6.34. The average molecular weight is 255 g/mol. The minimum atomic E-state index is 0.427. The number of anilines is 2. The number of nitrogen functional groups attached to an aromatic ring is 1. The third kappa shape index (κ3) is 3.48. The Morgan fingerprint density at radius 2 is 2.29 bits per heavy atom. The first-order valence-electron chi connectivity index (χ1n) is 5.95. The summed E-state index contributed by atoms with van der Waals surface area (Å²) in [7, 11) is 2.17. The molecule has 5 heteroatoms. The van der Waals surface area contributed by atoms with Crippen LogP contribution in [0.1, 0.15) is 19.8 Å². The molecule has 1 aliphatic rings. The van der Waals surface area contributed by atoms with E-state index in [1.54, 1.807) is 12.1 Å². The molecule has 4 nitrogen and oxygen atoms in total. The van der Waals surface area contributed by atoms with Crippen LogP contribution < -0.4 is 11.1 Å². The van der Waals surface area contributed by atoms with Crippen molar-refractivity contribution in [3.8, 4) is 0 Å². The summed E-state index contributed by atoms with van der Waals surface area (Å²) in [4.78, 5) is 6.59. The van der Waals surface area contributed by atoms with Crippen LogP contribution >= 0.6 is 11.6 Å². The highest BCUT2D eigenvalue weighted by molar-refractivity contribution is 6.29. The lowest BCUT2D eigenvalue weighted by molar-refractivity contribution is 0.257. The number of aromatic nitrogens is 1. The normalized spacial score (nSPS) is 17.2. The fraction of sp³-hybridized carbons (Fsp3) is 0.583. The largest absolute Gasteiger partial charge is 0.399 e. The van der Waals surface area contributed by atoms with E-state index in [4.69, 9.17) is 17.3 Å². The molecule has 0 aliphatic heterocycles. The molecule has 1 aliphatic carbocycles. The lowest BCUT2D eigenvalue weighted by Gasteiger charge is -2.24. The van der Waals surface area contributed by atoms with Crippen molar-refractivity contribution < 1.29 is 0 Å². The fourth-order valence-corrected chi connectivity index (χ4v) is 2.06. The van der Waals surface area contributed by atoms with Crippen molar-refractivity contribution in [3.05, 3.63) is 17.3 Å². The van der Waals surface area contributed by atoms with Gasteiger partial charge in [0.2, 0.25) is 0 Å². The van der Waals surface area contributed by atoms with Gasteiger partial charge in [-0.05, 0) is 32.9 Å². The van der Waals surface area contributed by atoms with E-state index >= 15 is 0 Å². The molecule has 2 rings (SSSR count). The van der Waals surface area contributed by atoms with Crippen molar-refractivity contribution in [1.82, 2.24) is 9.88 Å². The zero-order valence-electron chi connectivity index (χ0n) is 10.3. The molecule has 17 heavy (non-hydrogen) atoms. The van der Waals surface area contributed by atoms with Gasteiger partial charge in [-0.2, -0.15) is 0 Å². The highest BCUT2D eigenvalue weighted by Crippen LogP contribution is 2.27. The third-order valence-electron chi connectivity index (χ3n) is 3.21. The molecule has 1 saturated carbocycles. The zero-order chi connectivity index (χ0) is 12.4. The predicted molar refractivity (Wildman–Crippen MR) is 72.4 cm³/mol. The number of rotatable bonds is 5. The van der Waals surface area contributed by atoms with Crippen LogP contribution in [0.2, 0.25) is 5.15 Å². The van der Waals surface area contributed by atoms with Crippen LogP contribution in [-0.4, -0.2) is 35.6 Å². The lowest BCUT2D eigenvalue weighted by Crippen LogP contribution is -2.36. The molecule has 0 aromatic carbocycles. The molecular weight excluding hydrogens is 236 g/mol. The first kappa shape index (κ1) is 12.5. The fourth-order valence-electron chi connectivity index (χ4n) is 1.85. The van der Waals surface area contributed by atoms with Gasteiger partial charge in [0.05, 0.1) is 0 Å². The number of halogens is 1. The Hall–Kier alpha value is -1.00. The molecule has 1 atom stereocenters. The average Bonchev–Trinajstić information content (AvgIpc) is 3.07. The molecule has 0 saturated heterocycles. The maximum atomic E-state index is 5.85. The summed E-state index contributed by atoms with van der Waals surface area (Å²) in [5, 5.41) is 3.70. The molecule has 94 valence electrons. The van der Waals surface area contributed by atoms with E-state index < -0.39 is 0 Å². The van der Waals surface area contributed by atoms with E-state index in [2.05, 4.69) is 29.2 Å². The predicted octanol–water partition coefficient (Wildman–Crippen LogP) is 2.21. The van der Waals surface area contributed by atoms with Gasteiger partial charge in [0.15, 0.2) is 0 Å². The monoisotopic (exact) mass is 254 g/mol. The van der Waals surface area contributed by atoms with Gasteiger partial charge < -0.3 is 11.1 Å². The van der Waals surface area contributed by atoms with Crippen LogP contribution in [-0.2, 0) is 0 Å². The standard InChI is InChI=1S/C12H19ClN4/c1-8(17(2)10-3-4-10)7-15-12-6-9(14)5-11(13)16-12/h5-6,8,10H,3-4,7H2,1-2H3,(H3,14,15,16). The maximum absolute atomic E-state index is 5.85. The molecule has 0 radical (unpaired) electrons. The summed E-state index contributed by atoms with van der Waals surface area (Å²) < 4.78 is 0. The molecule has 0 bridgehead atoms. The van der Waals surface area contributed by atoms with Gasteiger partial charge in [-0.1, -0.05) is 11.6 Å². The first-order valence-corrected chi connectivity index (χ1v) is 6.33. The van der Waals surface area contributed by atoms with Gasteiger partial charge in [0, 0.05) is 30.4 Å². The number of nitrogens with two attached hydrogens (primary N) is 1. The second-order valence-electron chi connectivity index (χ2n) is 4.74. The number of likely N-dealkylation sites (N-methyl/N-ethyl adjacent to an activating group) is 1. The van der Waals surface area contributed by atoms with Crippen LogP contribution in [0.25, 0.3) is 0 Å². The molecule has 1 unspecified atom stereocenters. The SMILES string of the molecule is CC(CNc1cc(N)cc(Cl)n1)N(C)C1CC1. The summed E-state index contributed by atoms with van der Waals surface area (Å²) >= 11 is 5.85. The quantitative estimate of drug-likeness (QED) is 0.791. The number of nitrogens with zero attached hydrogens (tertiary/aromatic N) is 2. The molecule has 0 spiro atoms. The van der Waals surface area contributed by atoms with Crippen LogP contribution in [0.4, 0.5) is 11.5 Å². The van der Waals surface area contributed by atoms with Crippen molar-refractivity contribution in [2.24, 2.45) is 0 Å². The van der Waals surface area contributed by atoms with E-state index in [0.29, 0.717) is 16.9 Å². The Labute approximate surface area is 107 Å². The summed E-state index contributed by atoms with van der Waals surface area (Å²) in [6.45, 7) is 3.05. The van der Waals surface area contributed by atoms with E-state index in [9.17, 15) is 0 Å². The van der Waals surface area contributed by atoms with Crippen LogP contribution in [0.15, 0.2) is 12.1 Å². The molecule has 1 heterocycles. The Bertz CT molecular complexity index is 372. The highest BCUT2D eigenvalue weighted by atomic mass is 35.5. The third-order valence-corrected chi connectivity index (χ3v) is 3.41. The molecular formula is C12H19ClN4. The summed E-state index contributed by atoms with van der Waals surface area (Å²) in [5.74, 6) is 0.742. The van der Waals surface area contributed by atoms with Crippen molar-refractivity contribution >= 4 is 23.1 Å². The van der Waals surface area contributed by atoms with E-state index in [1.165, 1.54) is 12.8 Å². The maximum Gasteiger partial charge on any atom is 0.133 e. The summed E-state index contributed by atoms with van der Waals surface area (Å²) in [6, 6.07) is 4.69. The summed E-state index contributed by atoms with van der Waals surface area (Å²) in [6.07, 6.45) is 2.65. The van der Waals surface area contributed by atoms with Crippen molar-refractivity contribution in [3.63, 3.8) is 0 Å². The van der Waals surface area contributed by atoms with Gasteiger partial charge in [0.1, 0.15) is 11.0 Å².